The van der Waals surface area contributed by atoms with E-state index in [0.717, 1.165) is 38.9 Å². The fourth-order valence-electron chi connectivity index (χ4n) is 3.05. The minimum absolute atomic E-state index is 0.311. The summed E-state index contributed by atoms with van der Waals surface area (Å²) in [6.45, 7) is 2.30. The molecule has 0 atom stereocenters. The van der Waals surface area contributed by atoms with Crippen molar-refractivity contribution in [3.8, 4) is 5.75 Å². The van der Waals surface area contributed by atoms with Gasteiger partial charge in [0.1, 0.15) is 5.75 Å². The highest BCUT2D eigenvalue weighted by Gasteiger charge is 2.19. The first kappa shape index (κ1) is 15.6. The molecule has 0 heterocycles. The van der Waals surface area contributed by atoms with Crippen molar-refractivity contribution in [3.63, 3.8) is 0 Å². The van der Waals surface area contributed by atoms with Gasteiger partial charge in [-0.25, -0.2) is 4.79 Å². The minimum atomic E-state index is -0.886. The fraction of sp³-hybridized carbons (Fsp3) is 0.389. The van der Waals surface area contributed by atoms with Crippen LogP contribution in [0.1, 0.15) is 43.0 Å². The molecule has 0 aromatic heterocycles. The molecule has 1 saturated carbocycles. The molecule has 0 radical (unpaired) electrons. The molecule has 0 amide bonds. The quantitative estimate of drug-likeness (QED) is 0.717. The predicted octanol–water partition coefficient (Wildman–Crippen LogP) is 5.10. The van der Waals surface area contributed by atoms with Gasteiger partial charge in [-0.1, -0.05) is 13.0 Å². The van der Waals surface area contributed by atoms with E-state index in [1.54, 1.807) is 6.07 Å². The highest BCUT2D eigenvalue weighted by atomic mass is 127. The van der Waals surface area contributed by atoms with Gasteiger partial charge in [0.2, 0.25) is 0 Å². The van der Waals surface area contributed by atoms with Gasteiger partial charge < -0.3 is 9.84 Å². The normalized spacial score (nSPS) is 21.7. The van der Waals surface area contributed by atoms with Gasteiger partial charge in [0.15, 0.2) is 0 Å². The average Bonchev–Trinajstić information content (AvgIpc) is 2.49. The number of aromatic carboxylic acids is 1. The van der Waals surface area contributed by atoms with Crippen molar-refractivity contribution in [1.82, 2.24) is 0 Å². The summed E-state index contributed by atoms with van der Waals surface area (Å²) in [5.74, 6) is 0.807. The van der Waals surface area contributed by atoms with Crippen LogP contribution in [0.5, 0.6) is 5.75 Å². The van der Waals surface area contributed by atoms with Crippen LogP contribution in [0.2, 0.25) is 0 Å². The van der Waals surface area contributed by atoms with Gasteiger partial charge in [0.05, 0.1) is 11.7 Å². The van der Waals surface area contributed by atoms with E-state index >= 15 is 0 Å². The van der Waals surface area contributed by atoms with Crippen LogP contribution in [0.25, 0.3) is 10.8 Å². The van der Waals surface area contributed by atoms with Crippen molar-refractivity contribution in [2.24, 2.45) is 5.92 Å². The molecule has 1 aliphatic rings. The number of rotatable bonds is 3. The van der Waals surface area contributed by atoms with Crippen molar-refractivity contribution >= 4 is 39.3 Å². The van der Waals surface area contributed by atoms with Gasteiger partial charge in [-0.05, 0) is 89.2 Å². The number of benzene rings is 2. The summed E-state index contributed by atoms with van der Waals surface area (Å²) < 4.78 is 6.89. The largest absolute Gasteiger partial charge is 0.490 e. The second-order valence-electron chi connectivity index (χ2n) is 6.11. The number of carboxylic acid groups (broad SMARTS) is 1. The molecule has 0 spiro atoms. The smallest absolute Gasteiger partial charge is 0.336 e. The van der Waals surface area contributed by atoms with Gasteiger partial charge in [-0.15, -0.1) is 0 Å². The Labute approximate surface area is 143 Å². The first-order valence-electron chi connectivity index (χ1n) is 7.67. The van der Waals surface area contributed by atoms with Crippen LogP contribution in [0.3, 0.4) is 0 Å². The van der Waals surface area contributed by atoms with Crippen LogP contribution >= 0.6 is 22.6 Å². The lowest BCUT2D eigenvalue weighted by atomic mass is 9.89. The van der Waals surface area contributed by atoms with Crippen molar-refractivity contribution in [2.45, 2.75) is 38.7 Å². The van der Waals surface area contributed by atoms with Crippen molar-refractivity contribution in [3.05, 3.63) is 39.5 Å². The Morgan fingerprint density at radius 2 is 1.91 bits per heavy atom. The Kier molecular flexibility index (Phi) is 4.57. The van der Waals surface area contributed by atoms with Crippen molar-refractivity contribution in [2.75, 3.05) is 0 Å². The second kappa shape index (κ2) is 6.44. The lowest BCUT2D eigenvalue weighted by Crippen LogP contribution is -2.22. The zero-order chi connectivity index (χ0) is 15.7. The first-order valence-corrected chi connectivity index (χ1v) is 8.74. The van der Waals surface area contributed by atoms with Crippen LogP contribution < -0.4 is 4.74 Å². The molecule has 1 fully saturated rings. The number of hydrogen-bond donors (Lipinski definition) is 1. The Bertz CT molecular complexity index is 703. The third-order valence-corrected chi connectivity index (χ3v) is 5.58. The molecular formula is C18H19IO3. The second-order valence-corrected chi connectivity index (χ2v) is 7.19. The third-order valence-electron chi connectivity index (χ3n) is 4.42. The van der Waals surface area contributed by atoms with Crippen LogP contribution in [0, 0.1) is 9.49 Å². The van der Waals surface area contributed by atoms with E-state index in [9.17, 15) is 9.90 Å². The molecule has 4 heteroatoms. The zero-order valence-electron chi connectivity index (χ0n) is 12.5. The molecule has 3 nitrogen and oxygen atoms in total. The van der Waals surface area contributed by atoms with Gasteiger partial charge in [0, 0.05) is 3.57 Å². The average molecular weight is 410 g/mol. The van der Waals surface area contributed by atoms with Crippen LogP contribution in [-0.2, 0) is 0 Å². The van der Waals surface area contributed by atoms with E-state index in [4.69, 9.17) is 4.74 Å². The molecule has 2 aromatic carbocycles. The first-order chi connectivity index (χ1) is 10.5. The number of hydrogen-bond acceptors (Lipinski definition) is 2. The maximum Gasteiger partial charge on any atom is 0.336 e. The Hall–Kier alpha value is -1.30. The number of ether oxygens (including phenoxy) is 1. The van der Waals surface area contributed by atoms with Gasteiger partial charge >= 0.3 is 5.97 Å². The molecule has 22 heavy (non-hydrogen) atoms. The van der Waals surface area contributed by atoms with E-state index in [1.807, 2.05) is 24.3 Å². The molecule has 1 N–H and O–H groups in total. The summed E-state index contributed by atoms with van der Waals surface area (Å²) >= 11 is 2.10. The summed E-state index contributed by atoms with van der Waals surface area (Å²) in [4.78, 5) is 11.2. The van der Waals surface area contributed by atoms with E-state index in [-0.39, 0.29) is 0 Å². The highest BCUT2D eigenvalue weighted by molar-refractivity contribution is 14.1. The highest BCUT2D eigenvalue weighted by Crippen LogP contribution is 2.31. The fourth-order valence-corrected chi connectivity index (χ4v) is 3.95. The maximum atomic E-state index is 11.2. The lowest BCUT2D eigenvalue weighted by Gasteiger charge is -2.27. The summed E-state index contributed by atoms with van der Waals surface area (Å²) in [5, 5.41) is 11.2. The van der Waals surface area contributed by atoms with Gasteiger partial charge in [-0.3, -0.25) is 0 Å². The zero-order valence-corrected chi connectivity index (χ0v) is 14.7. The molecule has 0 unspecified atom stereocenters. The van der Waals surface area contributed by atoms with Crippen LogP contribution in [-0.4, -0.2) is 17.2 Å². The maximum absolute atomic E-state index is 11.2. The summed E-state index contributed by atoms with van der Waals surface area (Å²) in [6.07, 6.45) is 5.02. The van der Waals surface area contributed by atoms with Gasteiger partial charge in [0.25, 0.3) is 0 Å². The standard InChI is InChI=1S/C18H19IO3/c1-11-2-5-13(6-3-11)22-14-7-9-15-12(10-14)4-8-16(17(15)19)18(20)21/h4,7-11,13H,2-3,5-6H2,1H3,(H,20,21). The Morgan fingerprint density at radius 3 is 2.59 bits per heavy atom. The van der Waals surface area contributed by atoms with Crippen molar-refractivity contribution in [1.29, 1.82) is 0 Å². The van der Waals surface area contributed by atoms with E-state index in [0.29, 0.717) is 11.7 Å². The Balaban J connectivity index is 1.84. The van der Waals surface area contributed by atoms with E-state index in [2.05, 4.69) is 29.5 Å². The lowest BCUT2D eigenvalue weighted by molar-refractivity contribution is 0.0696. The molecule has 3 rings (SSSR count). The summed E-state index contributed by atoms with van der Waals surface area (Å²) in [5.41, 5.74) is 0.350. The molecule has 0 saturated heterocycles. The van der Waals surface area contributed by atoms with Crippen LogP contribution in [0.4, 0.5) is 0 Å². The number of halogens is 1. The number of fused-ring (bicyclic) bond motifs is 1. The summed E-state index contributed by atoms with van der Waals surface area (Å²) in [6, 6.07) is 9.45. The monoisotopic (exact) mass is 410 g/mol. The molecule has 2 aromatic rings. The van der Waals surface area contributed by atoms with Gasteiger partial charge in [-0.2, -0.15) is 0 Å². The number of carbonyl (C=O) groups is 1. The van der Waals surface area contributed by atoms with E-state index < -0.39 is 5.97 Å². The third kappa shape index (κ3) is 3.21. The molecular weight excluding hydrogens is 391 g/mol. The minimum Gasteiger partial charge on any atom is -0.490 e. The predicted molar refractivity (Wildman–Crippen MR) is 95.7 cm³/mol. The SMILES string of the molecule is CC1CCC(Oc2ccc3c(I)c(C(=O)O)ccc3c2)CC1. The molecule has 0 aliphatic heterocycles. The molecule has 0 bridgehead atoms. The van der Waals surface area contributed by atoms with E-state index in [1.165, 1.54) is 12.8 Å². The molecule has 116 valence electrons. The Morgan fingerprint density at radius 1 is 1.18 bits per heavy atom. The molecule has 1 aliphatic carbocycles. The topological polar surface area (TPSA) is 46.5 Å². The number of carboxylic acids is 1. The van der Waals surface area contributed by atoms with Crippen LogP contribution in [0.15, 0.2) is 30.3 Å². The van der Waals surface area contributed by atoms with Crippen molar-refractivity contribution < 1.29 is 14.6 Å². The summed E-state index contributed by atoms with van der Waals surface area (Å²) in [7, 11) is 0.